The first-order valence-corrected chi connectivity index (χ1v) is 7.54. The molecule has 0 spiro atoms. The smallest absolute Gasteiger partial charge is 0.253 e. The highest BCUT2D eigenvalue weighted by Crippen LogP contribution is 2.58. The van der Waals surface area contributed by atoms with Crippen LogP contribution in [0, 0.1) is 5.92 Å². The van der Waals surface area contributed by atoms with Gasteiger partial charge < -0.3 is 0 Å². The average molecular weight is 286 g/mol. The van der Waals surface area contributed by atoms with Crippen LogP contribution in [0.1, 0.15) is 6.42 Å². The predicted molar refractivity (Wildman–Crippen MR) is 54.0 cm³/mol. The number of halogens is 4. The molecule has 76 valence electrons. The van der Waals surface area contributed by atoms with Crippen LogP contribution in [-0.4, -0.2) is 16.6 Å². The van der Waals surface area contributed by atoms with Crippen LogP contribution in [0.3, 0.4) is 0 Å². The van der Waals surface area contributed by atoms with Crippen LogP contribution in [0.25, 0.3) is 0 Å². The highest BCUT2D eigenvalue weighted by molar-refractivity contribution is 8.08. The zero-order valence-corrected chi connectivity index (χ0v) is 10.1. The molecule has 3 nitrogen and oxygen atoms in total. The fourth-order valence-electron chi connectivity index (χ4n) is 0.667. The summed E-state index contributed by atoms with van der Waals surface area (Å²) in [5.74, 6) is -4.38. The molecule has 13 heavy (non-hydrogen) atoms. The Hall–Kier alpha value is 0.730. The molecular weight excluding hydrogens is 281 g/mol. The van der Waals surface area contributed by atoms with E-state index < -0.39 is 22.3 Å². The first-order chi connectivity index (χ1) is 5.72. The van der Waals surface area contributed by atoms with Crippen LogP contribution < -0.4 is 0 Å². The molecule has 0 aliphatic heterocycles. The third-order valence-electron chi connectivity index (χ3n) is 1.16. The van der Waals surface area contributed by atoms with E-state index >= 15 is 0 Å². The summed E-state index contributed by atoms with van der Waals surface area (Å²) in [5, 5.41) is -1.57. The van der Waals surface area contributed by atoms with E-state index in [4.69, 9.17) is 45.7 Å². The van der Waals surface area contributed by atoms with E-state index in [1.807, 2.05) is 0 Å². The summed E-state index contributed by atoms with van der Waals surface area (Å²) in [6.45, 7) is 0. The van der Waals surface area contributed by atoms with Crippen molar-refractivity contribution < 1.29 is 14.2 Å². The maximum atomic E-state index is 10.9. The first-order valence-electron chi connectivity index (χ1n) is 3.08. The second-order valence-electron chi connectivity index (χ2n) is 2.31. The van der Waals surface area contributed by atoms with Gasteiger partial charge in [-0.3, -0.25) is 14.2 Å². The van der Waals surface area contributed by atoms with Gasteiger partial charge >= 0.3 is 0 Å². The van der Waals surface area contributed by atoms with E-state index in [-0.39, 0.29) is 12.6 Å². The zero-order chi connectivity index (χ0) is 10.6. The monoisotopic (exact) mass is 284 g/mol. The maximum absolute atomic E-state index is 10.9. The van der Waals surface area contributed by atoms with Gasteiger partial charge in [0.05, 0.1) is 5.92 Å². The quantitative estimate of drug-likeness (QED) is 0.576. The molecule has 0 amide bonds. The molecule has 1 atom stereocenters. The average Bonchev–Trinajstić information content (AvgIpc) is 1.81. The normalized spacial score (nSPS) is 13.8. The molecule has 0 N–H and O–H groups in total. The fourth-order valence-corrected chi connectivity index (χ4v) is 2.92. The molecule has 0 saturated heterocycles. The summed E-state index contributed by atoms with van der Waals surface area (Å²) in [5.41, 5.74) is 0. The van der Waals surface area contributed by atoms with E-state index in [1.54, 1.807) is 0 Å². The van der Waals surface area contributed by atoms with Crippen molar-refractivity contribution in [2.45, 2.75) is 6.42 Å². The summed E-state index contributed by atoms with van der Waals surface area (Å²) >= 11 is 20.5. The molecule has 0 rings (SSSR count). The van der Waals surface area contributed by atoms with Gasteiger partial charge in [-0.1, -0.05) is 0 Å². The van der Waals surface area contributed by atoms with E-state index in [9.17, 15) is 14.2 Å². The van der Waals surface area contributed by atoms with E-state index in [0.29, 0.717) is 0 Å². The number of hydrogen-bond donors (Lipinski definition) is 0. The standard InChI is InChI=1S/C5H5Cl4O3P/c6-4(10)1-3(5(7)11)2-13(8,9)12/h3H,1-2H2. The third kappa shape index (κ3) is 7.77. The van der Waals surface area contributed by atoms with Gasteiger partial charge in [0.1, 0.15) is 0 Å². The van der Waals surface area contributed by atoms with Crippen LogP contribution in [0.15, 0.2) is 0 Å². The molecule has 0 fully saturated rings. The first kappa shape index (κ1) is 13.7. The lowest BCUT2D eigenvalue weighted by Gasteiger charge is -2.09. The lowest BCUT2D eigenvalue weighted by atomic mass is 10.1. The van der Waals surface area contributed by atoms with E-state index in [0.717, 1.165) is 0 Å². The van der Waals surface area contributed by atoms with Crippen molar-refractivity contribution in [2.24, 2.45) is 5.92 Å². The second-order valence-corrected chi connectivity index (χ2v) is 8.41. The summed E-state index contributed by atoms with van der Waals surface area (Å²) in [4.78, 5) is 21.1. The van der Waals surface area contributed by atoms with Crippen LogP contribution >= 0.6 is 51.5 Å². The van der Waals surface area contributed by atoms with Gasteiger partial charge in [0, 0.05) is 12.6 Å². The summed E-state index contributed by atoms with van der Waals surface area (Å²) in [6, 6.07) is 0. The minimum atomic E-state index is -3.40. The van der Waals surface area contributed by atoms with Crippen LogP contribution in [0.2, 0.25) is 0 Å². The largest absolute Gasteiger partial charge is 0.289 e. The Morgan fingerprint density at radius 2 is 1.69 bits per heavy atom. The molecule has 0 radical (unpaired) electrons. The molecule has 1 unspecified atom stereocenters. The third-order valence-corrected chi connectivity index (χ3v) is 3.32. The van der Waals surface area contributed by atoms with Crippen molar-refractivity contribution in [3.05, 3.63) is 0 Å². The van der Waals surface area contributed by atoms with Gasteiger partial charge in [-0.2, -0.15) is 0 Å². The summed E-state index contributed by atoms with van der Waals surface area (Å²) in [7, 11) is 0. The number of rotatable bonds is 5. The predicted octanol–water partition coefficient (Wildman–Crippen LogP) is 3.19. The van der Waals surface area contributed by atoms with Crippen molar-refractivity contribution in [3.8, 4) is 0 Å². The lowest BCUT2D eigenvalue weighted by molar-refractivity contribution is -0.119. The number of carbonyl (C=O) groups excluding carboxylic acids is 2. The van der Waals surface area contributed by atoms with Crippen LogP contribution in [0.4, 0.5) is 0 Å². The molecule has 0 heterocycles. The Morgan fingerprint density at radius 3 is 1.92 bits per heavy atom. The fraction of sp³-hybridized carbons (Fsp3) is 0.600. The van der Waals surface area contributed by atoms with Crippen molar-refractivity contribution in [3.63, 3.8) is 0 Å². The maximum Gasteiger partial charge on any atom is 0.253 e. The van der Waals surface area contributed by atoms with Crippen molar-refractivity contribution in [1.82, 2.24) is 0 Å². The highest BCUT2D eigenvalue weighted by Gasteiger charge is 2.27. The lowest BCUT2D eigenvalue weighted by Crippen LogP contribution is -2.14. The second kappa shape index (κ2) is 5.57. The van der Waals surface area contributed by atoms with Gasteiger partial charge in [0.15, 0.2) is 0 Å². The SMILES string of the molecule is O=C(Cl)CC(CP(=O)(Cl)Cl)C(=O)Cl. The molecule has 0 bridgehead atoms. The van der Waals surface area contributed by atoms with E-state index in [2.05, 4.69) is 0 Å². The molecule has 0 aliphatic rings. The van der Waals surface area contributed by atoms with Gasteiger partial charge in [-0.25, -0.2) is 0 Å². The van der Waals surface area contributed by atoms with Gasteiger partial charge in [-0.15, -0.1) is 0 Å². The van der Waals surface area contributed by atoms with Crippen LogP contribution in [0.5, 0.6) is 0 Å². The highest BCUT2D eigenvalue weighted by atomic mass is 35.9. The van der Waals surface area contributed by atoms with Gasteiger partial charge in [-0.05, 0) is 45.7 Å². The van der Waals surface area contributed by atoms with Gasteiger partial charge in [0.2, 0.25) is 10.5 Å². The van der Waals surface area contributed by atoms with Crippen molar-refractivity contribution in [2.75, 3.05) is 6.16 Å². The Kier molecular flexibility index (Phi) is 5.88. The zero-order valence-electron chi connectivity index (χ0n) is 6.18. The molecule has 0 aromatic heterocycles. The van der Waals surface area contributed by atoms with Crippen LogP contribution in [-0.2, 0) is 14.2 Å². The Morgan fingerprint density at radius 1 is 1.23 bits per heavy atom. The molecule has 8 heteroatoms. The summed E-state index contributed by atoms with van der Waals surface area (Å²) in [6.07, 6.45) is -0.649. The summed E-state index contributed by atoms with van der Waals surface area (Å²) < 4.78 is 10.9. The molecule has 0 aromatic rings. The Bertz CT molecular complexity index is 261. The van der Waals surface area contributed by atoms with Gasteiger partial charge in [0.25, 0.3) is 5.85 Å². The molecule has 0 aliphatic carbocycles. The minimum Gasteiger partial charge on any atom is -0.289 e. The van der Waals surface area contributed by atoms with E-state index in [1.165, 1.54) is 0 Å². The molecule has 0 aromatic carbocycles. The topological polar surface area (TPSA) is 51.2 Å². The van der Waals surface area contributed by atoms with Crippen molar-refractivity contribution in [1.29, 1.82) is 0 Å². The number of hydrogen-bond acceptors (Lipinski definition) is 3. The number of carbonyl (C=O) groups is 2. The molecule has 0 saturated carbocycles. The Labute approximate surface area is 94.6 Å². The Balaban J connectivity index is 4.36. The minimum absolute atomic E-state index is 0.312. The molecular formula is C5H5Cl4O3P. The van der Waals surface area contributed by atoms with Crippen molar-refractivity contribution >= 4 is 62.0 Å².